The lowest BCUT2D eigenvalue weighted by Crippen LogP contribution is -2.42. The van der Waals surface area contributed by atoms with Crippen LogP contribution >= 0.6 is 0 Å². The van der Waals surface area contributed by atoms with Crippen molar-refractivity contribution in [1.29, 1.82) is 0 Å². The number of fused-ring (bicyclic) bond motifs is 2. The average molecular weight is 276 g/mol. The third-order valence-corrected chi connectivity index (χ3v) is 5.30. The molecule has 4 atom stereocenters. The van der Waals surface area contributed by atoms with Gasteiger partial charge in [0.25, 0.3) is 0 Å². The Labute approximate surface area is 116 Å². The molecule has 0 radical (unpaired) electrons. The van der Waals surface area contributed by atoms with E-state index >= 15 is 0 Å². The molecule has 5 heteroatoms. The second-order valence-electron chi connectivity index (χ2n) is 6.43. The predicted molar refractivity (Wildman–Crippen MR) is 66.7 cm³/mol. The van der Waals surface area contributed by atoms with Gasteiger partial charge in [-0.3, -0.25) is 14.4 Å². The van der Waals surface area contributed by atoms with Crippen molar-refractivity contribution >= 4 is 17.3 Å². The molecule has 106 valence electrons. The van der Waals surface area contributed by atoms with Crippen LogP contribution < -0.4 is 0 Å². The number of Topliss-reactive ketones (excluding diaryl/α,β-unsaturated/α-hetero) is 2. The summed E-state index contributed by atoms with van der Waals surface area (Å²) in [7, 11) is 1.58. The molecule has 2 saturated heterocycles. The van der Waals surface area contributed by atoms with Crippen LogP contribution in [0.1, 0.15) is 32.1 Å². The average Bonchev–Trinajstić information content (AvgIpc) is 2.96. The molecule has 0 aromatic heterocycles. The fourth-order valence-corrected chi connectivity index (χ4v) is 4.46. The molecule has 2 heterocycles. The van der Waals surface area contributed by atoms with Gasteiger partial charge in [-0.25, -0.2) is 0 Å². The van der Waals surface area contributed by atoms with Gasteiger partial charge in [0.1, 0.15) is 11.4 Å². The monoisotopic (exact) mass is 276 g/mol. The molecule has 0 aromatic carbocycles. The van der Waals surface area contributed by atoms with Gasteiger partial charge >= 0.3 is 0 Å². The fourth-order valence-electron chi connectivity index (χ4n) is 4.46. The van der Waals surface area contributed by atoms with E-state index in [0.717, 1.165) is 0 Å². The highest BCUT2D eigenvalue weighted by molar-refractivity contribution is 6.13. The van der Waals surface area contributed by atoms with Gasteiger partial charge in [-0.2, -0.15) is 0 Å². The number of rotatable bonds is 1. The molecule has 3 fully saturated rings. The number of carbonyl (C=O) groups is 3. The first-order valence-corrected chi connectivity index (χ1v) is 7.04. The molecule has 2 bridgehead atoms. The van der Waals surface area contributed by atoms with Crippen LogP contribution in [0.2, 0.25) is 0 Å². The Morgan fingerprint density at radius 1 is 1.25 bits per heavy atom. The van der Waals surface area contributed by atoms with Crippen molar-refractivity contribution in [3.05, 3.63) is 11.6 Å². The summed E-state index contributed by atoms with van der Waals surface area (Å²) in [5.74, 6) is -1.14. The minimum absolute atomic E-state index is 0.0109. The number of hydrogen-bond acceptors (Lipinski definition) is 5. The lowest BCUT2D eigenvalue weighted by atomic mass is 9.76. The molecule has 0 aromatic rings. The quantitative estimate of drug-likeness (QED) is 0.713. The van der Waals surface area contributed by atoms with E-state index in [4.69, 9.17) is 9.47 Å². The largest absolute Gasteiger partial charge is 0.353 e. The number of ketones is 3. The molecular formula is C15H16O5. The lowest BCUT2D eigenvalue weighted by molar-refractivity contribution is -0.236. The summed E-state index contributed by atoms with van der Waals surface area (Å²) >= 11 is 0. The van der Waals surface area contributed by atoms with E-state index in [1.807, 2.05) is 0 Å². The molecule has 0 unspecified atom stereocenters. The number of allylic oxidation sites excluding steroid dienone is 1. The van der Waals surface area contributed by atoms with E-state index in [9.17, 15) is 14.4 Å². The highest BCUT2D eigenvalue weighted by Crippen LogP contribution is 2.58. The van der Waals surface area contributed by atoms with Crippen molar-refractivity contribution in [1.82, 2.24) is 0 Å². The summed E-state index contributed by atoms with van der Waals surface area (Å²) in [4.78, 5) is 36.4. The Balaban J connectivity index is 1.86. The van der Waals surface area contributed by atoms with E-state index in [1.54, 1.807) is 7.11 Å². The van der Waals surface area contributed by atoms with Crippen molar-refractivity contribution in [2.24, 2.45) is 11.8 Å². The number of hydrogen-bond donors (Lipinski definition) is 0. The van der Waals surface area contributed by atoms with Crippen molar-refractivity contribution in [2.45, 2.75) is 43.5 Å². The molecular weight excluding hydrogens is 260 g/mol. The van der Waals surface area contributed by atoms with E-state index in [1.165, 1.54) is 6.08 Å². The number of methoxy groups -OCH3 is 1. The molecule has 5 nitrogen and oxygen atoms in total. The van der Waals surface area contributed by atoms with Gasteiger partial charge < -0.3 is 9.47 Å². The van der Waals surface area contributed by atoms with Crippen LogP contribution in [0.25, 0.3) is 0 Å². The molecule has 0 N–H and O–H groups in total. The first kappa shape index (κ1) is 12.4. The van der Waals surface area contributed by atoms with Gasteiger partial charge in [0.05, 0.1) is 0 Å². The lowest BCUT2D eigenvalue weighted by Gasteiger charge is -2.30. The van der Waals surface area contributed by atoms with E-state index in [2.05, 4.69) is 0 Å². The van der Waals surface area contributed by atoms with E-state index in [-0.39, 0.29) is 35.6 Å². The summed E-state index contributed by atoms with van der Waals surface area (Å²) in [5, 5.41) is 0. The summed E-state index contributed by atoms with van der Waals surface area (Å²) in [5.41, 5.74) is -0.522. The Morgan fingerprint density at radius 3 is 2.80 bits per heavy atom. The Bertz CT molecular complexity index is 577. The SMILES string of the molecule is CO[C@]12C[C@H]3CC(=O)C=C3C(=O)[C@@]3(CC(=O)C[C@H]3C1)O2. The molecule has 4 aliphatic rings. The maximum atomic E-state index is 12.9. The Hall–Kier alpha value is -1.33. The van der Waals surface area contributed by atoms with Gasteiger partial charge in [0.15, 0.2) is 17.4 Å². The zero-order valence-electron chi connectivity index (χ0n) is 11.3. The van der Waals surface area contributed by atoms with Crippen molar-refractivity contribution < 1.29 is 23.9 Å². The van der Waals surface area contributed by atoms with Gasteiger partial charge in [-0.05, 0) is 12.0 Å². The van der Waals surface area contributed by atoms with Crippen LogP contribution in [0.3, 0.4) is 0 Å². The topological polar surface area (TPSA) is 69.7 Å². The highest BCUT2D eigenvalue weighted by atomic mass is 16.7. The van der Waals surface area contributed by atoms with Crippen LogP contribution in [0.15, 0.2) is 11.6 Å². The normalized spacial score (nSPS) is 46.2. The van der Waals surface area contributed by atoms with Gasteiger partial charge in [0, 0.05) is 50.7 Å². The summed E-state index contributed by atoms with van der Waals surface area (Å²) < 4.78 is 11.7. The molecule has 1 spiro atoms. The van der Waals surface area contributed by atoms with Crippen molar-refractivity contribution in [3.8, 4) is 0 Å². The zero-order chi connectivity index (χ0) is 14.1. The first-order valence-electron chi connectivity index (χ1n) is 7.04. The number of carbonyl (C=O) groups excluding carboxylic acids is 3. The minimum atomic E-state index is -1.07. The van der Waals surface area contributed by atoms with Gasteiger partial charge in [-0.1, -0.05) is 0 Å². The van der Waals surface area contributed by atoms with Crippen LogP contribution in [-0.2, 0) is 23.9 Å². The second kappa shape index (κ2) is 3.65. The summed E-state index contributed by atoms with van der Waals surface area (Å²) in [6, 6.07) is 0. The summed E-state index contributed by atoms with van der Waals surface area (Å²) in [6.45, 7) is 0. The maximum absolute atomic E-state index is 12.9. The summed E-state index contributed by atoms with van der Waals surface area (Å²) in [6.07, 6.45) is 3.40. The van der Waals surface area contributed by atoms with Crippen LogP contribution in [-0.4, -0.2) is 35.8 Å². The van der Waals surface area contributed by atoms with Crippen molar-refractivity contribution in [3.63, 3.8) is 0 Å². The standard InChI is InChI=1S/C15H16O5/c1-19-14-5-8-2-10(16)4-12(8)13(18)15(20-14)7-11(17)3-9(15)6-14/h4,8-9H,2-3,5-7H2,1H3/t8-,9+,14+,15+/m1/s1. The van der Waals surface area contributed by atoms with Crippen LogP contribution in [0.5, 0.6) is 0 Å². The first-order chi connectivity index (χ1) is 9.48. The highest BCUT2D eigenvalue weighted by Gasteiger charge is 2.67. The van der Waals surface area contributed by atoms with Gasteiger partial charge in [-0.15, -0.1) is 0 Å². The smallest absolute Gasteiger partial charge is 0.191 e. The molecule has 2 aliphatic heterocycles. The molecule has 0 amide bonds. The molecule has 2 aliphatic carbocycles. The zero-order valence-corrected chi connectivity index (χ0v) is 11.3. The number of ether oxygens (including phenoxy) is 2. The van der Waals surface area contributed by atoms with Gasteiger partial charge in [0.2, 0.25) is 0 Å². The van der Waals surface area contributed by atoms with Crippen molar-refractivity contribution in [2.75, 3.05) is 7.11 Å². The molecule has 4 rings (SSSR count). The van der Waals surface area contributed by atoms with E-state index in [0.29, 0.717) is 31.3 Å². The Kier molecular flexibility index (Phi) is 2.27. The Morgan fingerprint density at radius 2 is 2.05 bits per heavy atom. The second-order valence-corrected chi connectivity index (χ2v) is 6.43. The minimum Gasteiger partial charge on any atom is -0.353 e. The molecule has 20 heavy (non-hydrogen) atoms. The predicted octanol–water partition coefficient (Wildman–Crippen LogP) is 0.956. The molecule has 1 saturated carbocycles. The third kappa shape index (κ3) is 1.37. The van der Waals surface area contributed by atoms with Crippen LogP contribution in [0, 0.1) is 11.8 Å². The van der Waals surface area contributed by atoms with Crippen LogP contribution in [0.4, 0.5) is 0 Å². The maximum Gasteiger partial charge on any atom is 0.191 e. The fraction of sp³-hybridized carbons (Fsp3) is 0.667. The third-order valence-electron chi connectivity index (χ3n) is 5.30. The van der Waals surface area contributed by atoms with E-state index < -0.39 is 11.4 Å².